The van der Waals surface area contributed by atoms with Crippen LogP contribution in [0, 0.1) is 5.82 Å². The van der Waals surface area contributed by atoms with Gasteiger partial charge in [0.05, 0.1) is 17.0 Å². The van der Waals surface area contributed by atoms with Crippen molar-refractivity contribution >= 4 is 16.9 Å². The molecule has 1 atom stereocenters. The first kappa shape index (κ1) is 20.3. The average molecular weight is 409 g/mol. The third-order valence-corrected chi connectivity index (χ3v) is 5.58. The third-order valence-electron chi connectivity index (χ3n) is 5.58. The molecule has 1 aliphatic heterocycles. The molecule has 30 heavy (non-hydrogen) atoms. The molecule has 0 radical (unpaired) electrons. The molecule has 0 unspecified atom stereocenters. The minimum absolute atomic E-state index is 0.0121. The smallest absolute Gasteiger partial charge is 0.290 e. The summed E-state index contributed by atoms with van der Waals surface area (Å²) in [6, 6.07) is 10.9. The number of carbonyl (C=O) groups excluding carboxylic acids is 1. The van der Waals surface area contributed by atoms with Gasteiger partial charge in [-0.15, -0.1) is 0 Å². The van der Waals surface area contributed by atoms with E-state index in [0.29, 0.717) is 6.42 Å². The van der Waals surface area contributed by atoms with Gasteiger partial charge in [-0.05, 0) is 41.2 Å². The summed E-state index contributed by atoms with van der Waals surface area (Å²) in [7, 11) is 0. The number of nitrogens with zero attached hydrogens (tertiary/aromatic N) is 1. The normalized spacial score (nSPS) is 16.4. The van der Waals surface area contributed by atoms with Crippen molar-refractivity contribution in [2.24, 2.45) is 0 Å². The fraction of sp³-hybridized carbons (Fsp3) is 0.333. The quantitative estimate of drug-likeness (QED) is 0.703. The average Bonchev–Trinajstić information content (AvgIpc) is 2.98. The zero-order valence-corrected chi connectivity index (χ0v) is 17.2. The number of aliphatic hydroxyl groups is 1. The van der Waals surface area contributed by atoms with E-state index in [1.54, 1.807) is 4.90 Å². The van der Waals surface area contributed by atoms with Crippen LogP contribution in [0.4, 0.5) is 4.39 Å². The summed E-state index contributed by atoms with van der Waals surface area (Å²) >= 11 is 0. The van der Waals surface area contributed by atoms with Gasteiger partial charge in [-0.1, -0.05) is 45.0 Å². The molecule has 0 fully saturated rings. The summed E-state index contributed by atoms with van der Waals surface area (Å²) in [6.45, 7) is 6.53. The number of carbonyl (C=O) groups is 1. The molecule has 1 N–H and O–H groups in total. The summed E-state index contributed by atoms with van der Waals surface area (Å²) in [5.74, 6) is -0.948. The van der Waals surface area contributed by atoms with Crippen molar-refractivity contribution in [3.8, 4) is 0 Å². The molecule has 1 aliphatic rings. The van der Waals surface area contributed by atoms with E-state index >= 15 is 0 Å². The predicted molar refractivity (Wildman–Crippen MR) is 112 cm³/mol. The molecular weight excluding hydrogens is 385 g/mol. The molecule has 6 heteroatoms. The predicted octanol–water partition coefficient (Wildman–Crippen LogP) is 4.16. The third kappa shape index (κ3) is 3.31. The molecule has 3 aromatic rings. The highest BCUT2D eigenvalue weighted by Crippen LogP contribution is 2.38. The Balaban J connectivity index is 1.92. The molecule has 156 valence electrons. The Morgan fingerprint density at radius 2 is 1.80 bits per heavy atom. The fourth-order valence-electron chi connectivity index (χ4n) is 3.98. The number of fused-ring (bicyclic) bond motifs is 2. The standard InChI is InChI=1S/C24H24FNO4/c1-24(2,3)15-7-5-14(6-8-15)20-19-21(28)17-13-16(25)9-10-18(17)30-22(19)23(29)26(20)11-4-12-27/h5-10,13,20,27H,4,11-12H2,1-3H3/t20-/m1/s1. The van der Waals surface area contributed by atoms with E-state index in [1.165, 1.54) is 12.1 Å². The van der Waals surface area contributed by atoms with Crippen molar-refractivity contribution < 1.29 is 18.7 Å². The number of amides is 1. The molecule has 0 saturated carbocycles. The fourth-order valence-corrected chi connectivity index (χ4v) is 3.98. The summed E-state index contributed by atoms with van der Waals surface area (Å²) in [4.78, 5) is 28.0. The van der Waals surface area contributed by atoms with Gasteiger partial charge in [-0.25, -0.2) is 4.39 Å². The molecule has 2 heterocycles. The van der Waals surface area contributed by atoms with Crippen molar-refractivity contribution in [1.82, 2.24) is 4.90 Å². The Labute approximate surface area is 173 Å². The van der Waals surface area contributed by atoms with Gasteiger partial charge >= 0.3 is 0 Å². The first-order chi connectivity index (χ1) is 14.2. The Hall–Kier alpha value is -2.99. The Morgan fingerprint density at radius 3 is 2.43 bits per heavy atom. The molecular formula is C24H24FNO4. The molecule has 0 saturated heterocycles. The number of halogens is 1. The van der Waals surface area contributed by atoms with E-state index in [9.17, 15) is 19.1 Å². The maximum absolute atomic E-state index is 13.8. The lowest BCUT2D eigenvalue weighted by atomic mass is 9.86. The maximum Gasteiger partial charge on any atom is 0.290 e. The van der Waals surface area contributed by atoms with E-state index < -0.39 is 23.2 Å². The molecule has 2 aromatic carbocycles. The zero-order valence-electron chi connectivity index (χ0n) is 17.2. The molecule has 1 amide bonds. The largest absolute Gasteiger partial charge is 0.450 e. The Kier molecular flexibility index (Phi) is 4.98. The SMILES string of the molecule is CC(C)(C)c1ccc([C@@H]2c3c(oc4ccc(F)cc4c3=O)C(=O)N2CCCO)cc1. The van der Waals surface area contributed by atoms with Crippen LogP contribution in [0.1, 0.15) is 60.5 Å². The first-order valence-electron chi connectivity index (χ1n) is 10.0. The van der Waals surface area contributed by atoms with E-state index in [2.05, 4.69) is 20.8 Å². The van der Waals surface area contributed by atoms with Gasteiger partial charge in [-0.3, -0.25) is 9.59 Å². The first-order valence-corrected chi connectivity index (χ1v) is 10.0. The van der Waals surface area contributed by atoms with Crippen molar-refractivity contribution in [1.29, 1.82) is 0 Å². The van der Waals surface area contributed by atoms with E-state index in [1.807, 2.05) is 24.3 Å². The van der Waals surface area contributed by atoms with Crippen molar-refractivity contribution in [3.63, 3.8) is 0 Å². The van der Waals surface area contributed by atoms with Crippen LogP contribution in [-0.4, -0.2) is 29.1 Å². The molecule has 1 aromatic heterocycles. The van der Waals surface area contributed by atoms with Crippen LogP contribution in [0.25, 0.3) is 11.0 Å². The second kappa shape index (κ2) is 7.36. The molecule has 0 bridgehead atoms. The van der Waals surface area contributed by atoms with Crippen LogP contribution >= 0.6 is 0 Å². The molecule has 5 nitrogen and oxygen atoms in total. The highest BCUT2D eigenvalue weighted by atomic mass is 19.1. The number of benzene rings is 2. The highest BCUT2D eigenvalue weighted by Gasteiger charge is 2.42. The van der Waals surface area contributed by atoms with Crippen LogP contribution in [0.5, 0.6) is 0 Å². The van der Waals surface area contributed by atoms with Gasteiger partial charge in [0, 0.05) is 13.2 Å². The molecule has 0 aliphatic carbocycles. The summed E-state index contributed by atoms with van der Waals surface area (Å²) in [6.07, 6.45) is 0.374. The zero-order chi connectivity index (χ0) is 21.6. The molecule has 0 spiro atoms. The van der Waals surface area contributed by atoms with Gasteiger partial charge in [0.2, 0.25) is 5.76 Å². The van der Waals surface area contributed by atoms with Gasteiger partial charge in [-0.2, -0.15) is 0 Å². The summed E-state index contributed by atoms with van der Waals surface area (Å²) < 4.78 is 19.6. The van der Waals surface area contributed by atoms with E-state index in [0.717, 1.165) is 17.2 Å². The maximum atomic E-state index is 13.8. The van der Waals surface area contributed by atoms with Crippen LogP contribution < -0.4 is 5.43 Å². The van der Waals surface area contributed by atoms with Crippen LogP contribution in [0.3, 0.4) is 0 Å². The Morgan fingerprint density at radius 1 is 1.10 bits per heavy atom. The molecule has 4 rings (SSSR count). The number of hydrogen-bond donors (Lipinski definition) is 1. The van der Waals surface area contributed by atoms with E-state index in [4.69, 9.17) is 4.42 Å². The number of aliphatic hydroxyl groups excluding tert-OH is 1. The minimum Gasteiger partial charge on any atom is -0.450 e. The van der Waals surface area contributed by atoms with Gasteiger partial charge in [0.1, 0.15) is 11.4 Å². The van der Waals surface area contributed by atoms with Gasteiger partial charge < -0.3 is 14.4 Å². The second-order valence-electron chi connectivity index (χ2n) is 8.66. The van der Waals surface area contributed by atoms with Crippen LogP contribution in [0.2, 0.25) is 0 Å². The van der Waals surface area contributed by atoms with Gasteiger partial charge in [0.25, 0.3) is 5.91 Å². The lowest BCUT2D eigenvalue weighted by Gasteiger charge is -2.26. The minimum atomic E-state index is -0.642. The van der Waals surface area contributed by atoms with Crippen molar-refractivity contribution in [2.45, 2.75) is 38.6 Å². The number of rotatable bonds is 4. The number of hydrogen-bond acceptors (Lipinski definition) is 4. The summed E-state index contributed by atoms with van der Waals surface area (Å²) in [5, 5.41) is 9.40. The van der Waals surface area contributed by atoms with Crippen LogP contribution in [-0.2, 0) is 5.41 Å². The van der Waals surface area contributed by atoms with Gasteiger partial charge in [0.15, 0.2) is 5.43 Å². The Bertz CT molecular complexity index is 1170. The van der Waals surface area contributed by atoms with Crippen LogP contribution in [0.15, 0.2) is 51.7 Å². The monoisotopic (exact) mass is 409 g/mol. The topological polar surface area (TPSA) is 70.8 Å². The highest BCUT2D eigenvalue weighted by molar-refractivity contribution is 5.99. The van der Waals surface area contributed by atoms with E-state index in [-0.39, 0.29) is 40.9 Å². The summed E-state index contributed by atoms with van der Waals surface area (Å²) in [5.41, 5.74) is 1.86. The van der Waals surface area contributed by atoms with Crippen molar-refractivity contribution in [3.05, 3.63) is 81.0 Å². The lowest BCUT2D eigenvalue weighted by molar-refractivity contribution is 0.0716. The van der Waals surface area contributed by atoms with Crippen molar-refractivity contribution in [2.75, 3.05) is 13.2 Å². The second-order valence-corrected chi connectivity index (χ2v) is 8.66. The lowest BCUT2D eigenvalue weighted by Crippen LogP contribution is -2.31.